The predicted octanol–water partition coefficient (Wildman–Crippen LogP) is 3.00. The van der Waals surface area contributed by atoms with Gasteiger partial charge < -0.3 is 10.6 Å². The van der Waals surface area contributed by atoms with Crippen molar-refractivity contribution in [2.75, 3.05) is 13.1 Å². The third kappa shape index (κ3) is 4.00. The van der Waals surface area contributed by atoms with Crippen molar-refractivity contribution in [2.24, 2.45) is 11.1 Å². The van der Waals surface area contributed by atoms with Crippen molar-refractivity contribution in [2.45, 2.75) is 39.2 Å². The van der Waals surface area contributed by atoms with Crippen LogP contribution in [0.1, 0.15) is 44.7 Å². The maximum atomic E-state index is 13.7. The van der Waals surface area contributed by atoms with Gasteiger partial charge in [0.25, 0.3) is 0 Å². The van der Waals surface area contributed by atoms with Crippen LogP contribution < -0.4 is 5.73 Å². The van der Waals surface area contributed by atoms with E-state index < -0.39 is 17.7 Å². The Morgan fingerprint density at radius 2 is 2.05 bits per heavy atom. The normalized spacial score (nSPS) is 20.2. The number of amides is 1. The van der Waals surface area contributed by atoms with Crippen LogP contribution in [-0.4, -0.2) is 23.9 Å². The van der Waals surface area contributed by atoms with E-state index in [-0.39, 0.29) is 23.4 Å². The number of rotatable bonds is 3. The maximum absolute atomic E-state index is 13.7. The lowest BCUT2D eigenvalue weighted by molar-refractivity contribution is -0.131. The Hall–Kier alpha value is -1.49. The summed E-state index contributed by atoms with van der Waals surface area (Å²) in [5.41, 5.74) is 6.38. The van der Waals surface area contributed by atoms with Gasteiger partial charge in [0.15, 0.2) is 0 Å². The lowest BCUT2D eigenvalue weighted by atomic mass is 9.85. The quantitative estimate of drug-likeness (QED) is 0.932. The molecule has 1 aliphatic heterocycles. The zero-order chi connectivity index (χ0) is 15.6. The molecule has 0 bridgehead atoms. The summed E-state index contributed by atoms with van der Waals surface area (Å²) in [6, 6.07) is 2.71. The highest BCUT2D eigenvalue weighted by molar-refractivity contribution is 5.76. The number of hydrogen-bond donors (Lipinski definition) is 1. The minimum atomic E-state index is -0.662. The second-order valence-corrected chi connectivity index (χ2v) is 6.53. The van der Waals surface area contributed by atoms with Crippen LogP contribution in [0.2, 0.25) is 0 Å². The molecule has 0 radical (unpaired) electrons. The van der Waals surface area contributed by atoms with E-state index in [9.17, 15) is 13.6 Å². The van der Waals surface area contributed by atoms with E-state index >= 15 is 0 Å². The molecule has 1 heterocycles. The van der Waals surface area contributed by atoms with Gasteiger partial charge in [0.2, 0.25) is 5.91 Å². The highest BCUT2D eigenvalue weighted by Gasteiger charge is 2.28. The Morgan fingerprint density at radius 3 is 2.71 bits per heavy atom. The number of halogens is 2. The molecule has 2 N–H and O–H groups in total. The van der Waals surface area contributed by atoms with Crippen LogP contribution in [0.25, 0.3) is 0 Å². The lowest BCUT2D eigenvalue weighted by Gasteiger charge is -2.26. The van der Waals surface area contributed by atoms with E-state index in [0.717, 1.165) is 18.9 Å². The van der Waals surface area contributed by atoms with Gasteiger partial charge in [-0.1, -0.05) is 19.9 Å². The van der Waals surface area contributed by atoms with Gasteiger partial charge in [-0.25, -0.2) is 8.78 Å². The Balaban J connectivity index is 2.07. The zero-order valence-corrected chi connectivity index (χ0v) is 12.5. The van der Waals surface area contributed by atoms with E-state index in [4.69, 9.17) is 5.73 Å². The molecule has 0 spiro atoms. The second kappa shape index (κ2) is 6.10. The van der Waals surface area contributed by atoms with E-state index in [1.54, 1.807) is 4.90 Å². The molecule has 2 rings (SSSR count). The largest absolute Gasteiger partial charge is 0.341 e. The number of nitrogens with two attached hydrogens (primary N) is 1. The Morgan fingerprint density at radius 1 is 1.33 bits per heavy atom. The molecule has 0 aliphatic carbocycles. The van der Waals surface area contributed by atoms with Gasteiger partial charge >= 0.3 is 0 Å². The topological polar surface area (TPSA) is 46.3 Å². The number of carbonyl (C=O) groups is 1. The fraction of sp³-hybridized carbons (Fsp3) is 0.562. The van der Waals surface area contributed by atoms with Crippen molar-refractivity contribution < 1.29 is 13.6 Å². The first-order chi connectivity index (χ1) is 9.78. The van der Waals surface area contributed by atoms with Crippen molar-refractivity contribution in [3.63, 3.8) is 0 Å². The van der Waals surface area contributed by atoms with Crippen LogP contribution in [0.5, 0.6) is 0 Å². The molecule has 1 unspecified atom stereocenters. The van der Waals surface area contributed by atoms with Gasteiger partial charge in [-0.2, -0.15) is 0 Å². The standard InChI is InChI=1S/C16H22F2N2O/c1-16(2)6-5-15(21)20(8-7-16)10-14(19)12-4-3-11(17)9-13(12)18/h3-4,9,14H,5-8,10,19H2,1-2H3. The highest BCUT2D eigenvalue weighted by atomic mass is 19.1. The average molecular weight is 296 g/mol. The van der Waals surface area contributed by atoms with E-state index in [0.29, 0.717) is 13.0 Å². The molecule has 5 heteroatoms. The molecular formula is C16H22F2N2O. The molecule has 116 valence electrons. The smallest absolute Gasteiger partial charge is 0.222 e. The minimum absolute atomic E-state index is 0.0542. The number of carbonyl (C=O) groups excluding carboxylic acids is 1. The summed E-state index contributed by atoms with van der Waals surface area (Å²) in [4.78, 5) is 13.8. The van der Waals surface area contributed by atoms with Gasteiger partial charge in [0.05, 0.1) is 6.04 Å². The monoisotopic (exact) mass is 296 g/mol. The summed E-state index contributed by atoms with van der Waals surface area (Å²) in [5, 5.41) is 0. The molecule has 1 atom stereocenters. The maximum Gasteiger partial charge on any atom is 0.222 e. The molecule has 0 aromatic heterocycles. The summed E-state index contributed by atoms with van der Waals surface area (Å²) >= 11 is 0. The van der Waals surface area contributed by atoms with Crippen LogP contribution in [0, 0.1) is 17.0 Å². The Labute approximate surface area is 124 Å². The average Bonchev–Trinajstić information content (AvgIpc) is 2.51. The molecule has 3 nitrogen and oxygen atoms in total. The van der Waals surface area contributed by atoms with Crippen molar-refractivity contribution in [1.82, 2.24) is 4.90 Å². The zero-order valence-electron chi connectivity index (χ0n) is 12.5. The fourth-order valence-electron chi connectivity index (χ4n) is 2.62. The van der Waals surface area contributed by atoms with Crippen molar-refractivity contribution >= 4 is 5.91 Å². The SMILES string of the molecule is CC1(C)CCC(=O)N(CC(N)c2ccc(F)cc2F)CC1. The molecule has 1 saturated heterocycles. The molecule has 1 fully saturated rings. The van der Waals surface area contributed by atoms with Crippen LogP contribution in [0.15, 0.2) is 18.2 Å². The molecule has 21 heavy (non-hydrogen) atoms. The fourth-order valence-corrected chi connectivity index (χ4v) is 2.62. The van der Waals surface area contributed by atoms with Crippen molar-refractivity contribution in [3.05, 3.63) is 35.4 Å². The van der Waals surface area contributed by atoms with Gasteiger partial charge in [0, 0.05) is 31.1 Å². The van der Waals surface area contributed by atoms with E-state index in [2.05, 4.69) is 13.8 Å². The molecule has 1 aromatic rings. The molecular weight excluding hydrogens is 274 g/mol. The molecule has 1 amide bonds. The first-order valence-electron chi connectivity index (χ1n) is 7.27. The summed E-state index contributed by atoms with van der Waals surface area (Å²) in [6.45, 7) is 5.17. The minimum Gasteiger partial charge on any atom is -0.341 e. The highest BCUT2D eigenvalue weighted by Crippen LogP contribution is 2.31. The van der Waals surface area contributed by atoms with Crippen molar-refractivity contribution in [3.8, 4) is 0 Å². The first-order valence-corrected chi connectivity index (χ1v) is 7.27. The predicted molar refractivity (Wildman–Crippen MR) is 77.5 cm³/mol. The third-order valence-electron chi connectivity index (χ3n) is 4.21. The van der Waals surface area contributed by atoms with E-state index in [1.165, 1.54) is 12.1 Å². The van der Waals surface area contributed by atoms with E-state index in [1.807, 2.05) is 0 Å². The van der Waals surface area contributed by atoms with Crippen molar-refractivity contribution in [1.29, 1.82) is 0 Å². The summed E-state index contributed by atoms with van der Waals surface area (Å²) in [5.74, 6) is -1.24. The Bertz CT molecular complexity index is 531. The van der Waals surface area contributed by atoms with Gasteiger partial charge in [-0.3, -0.25) is 4.79 Å². The molecule has 1 aliphatic rings. The van der Waals surface area contributed by atoms with Crippen LogP contribution in [0.3, 0.4) is 0 Å². The molecule has 1 aromatic carbocycles. The second-order valence-electron chi connectivity index (χ2n) is 6.53. The van der Waals surface area contributed by atoms with Gasteiger partial charge in [-0.05, 0) is 24.3 Å². The number of hydrogen-bond acceptors (Lipinski definition) is 2. The number of nitrogens with zero attached hydrogens (tertiary/aromatic N) is 1. The summed E-state index contributed by atoms with van der Waals surface area (Å²) < 4.78 is 26.7. The first kappa shape index (κ1) is 15.9. The third-order valence-corrected chi connectivity index (χ3v) is 4.21. The van der Waals surface area contributed by atoms with Crippen LogP contribution >= 0.6 is 0 Å². The molecule has 0 saturated carbocycles. The lowest BCUT2D eigenvalue weighted by Crippen LogP contribution is -2.37. The number of benzene rings is 1. The van der Waals surface area contributed by atoms with Crippen LogP contribution in [-0.2, 0) is 4.79 Å². The summed E-state index contributed by atoms with van der Waals surface area (Å²) in [7, 11) is 0. The number of likely N-dealkylation sites (tertiary alicyclic amines) is 1. The summed E-state index contributed by atoms with van der Waals surface area (Å²) in [6.07, 6.45) is 2.24. The Kier molecular flexibility index (Phi) is 4.61. The van der Waals surface area contributed by atoms with Gasteiger partial charge in [-0.15, -0.1) is 0 Å². The van der Waals surface area contributed by atoms with Crippen LogP contribution in [0.4, 0.5) is 8.78 Å². The van der Waals surface area contributed by atoms with Gasteiger partial charge in [0.1, 0.15) is 11.6 Å².